The van der Waals surface area contributed by atoms with Crippen molar-refractivity contribution in [2.24, 2.45) is 5.92 Å². The molecule has 0 radical (unpaired) electrons. The van der Waals surface area contributed by atoms with Crippen LogP contribution in [0.25, 0.3) is 0 Å². The second kappa shape index (κ2) is 5.70. The summed E-state index contributed by atoms with van der Waals surface area (Å²) in [6, 6.07) is 2.13. The van der Waals surface area contributed by atoms with Crippen LogP contribution < -0.4 is 5.32 Å². The summed E-state index contributed by atoms with van der Waals surface area (Å²) in [6.07, 6.45) is 3.75. The van der Waals surface area contributed by atoms with Crippen molar-refractivity contribution < 1.29 is 9.15 Å². The molecule has 20 heavy (non-hydrogen) atoms. The van der Waals surface area contributed by atoms with Gasteiger partial charge in [0, 0.05) is 17.5 Å². The Kier molecular flexibility index (Phi) is 4.53. The fraction of sp³-hybridized carbons (Fsp3) is 0.750. The summed E-state index contributed by atoms with van der Waals surface area (Å²) in [5.41, 5.74) is 0.756. The predicted molar refractivity (Wildman–Crippen MR) is 82.1 cm³/mol. The Morgan fingerprint density at radius 2 is 2.10 bits per heavy atom. The summed E-state index contributed by atoms with van der Waals surface area (Å²) in [5, 5.41) is 4.11. The highest BCUT2D eigenvalue weighted by atomic mass is 35.5. The smallest absolute Gasteiger partial charge is 0.197 e. The Morgan fingerprint density at radius 1 is 1.40 bits per heavy atom. The van der Waals surface area contributed by atoms with E-state index >= 15 is 0 Å². The zero-order valence-corrected chi connectivity index (χ0v) is 13.9. The van der Waals surface area contributed by atoms with Gasteiger partial charge in [0.05, 0.1) is 17.5 Å². The zero-order valence-electron chi connectivity index (χ0n) is 13.1. The third-order valence-corrected chi connectivity index (χ3v) is 4.45. The van der Waals surface area contributed by atoms with E-state index in [0.717, 1.165) is 24.9 Å². The first-order valence-corrected chi connectivity index (χ1v) is 7.81. The standard InChI is InChI=1S/C16H26ClNO2/c1-6-8-18-13(11-7-9-19-14(11)17)12-10-15(2,3)20-16(12,4)5/h7,9,12-13,18H,6,8,10H2,1-5H3. The maximum Gasteiger partial charge on any atom is 0.197 e. The maximum atomic E-state index is 6.23. The lowest BCUT2D eigenvalue weighted by atomic mass is 9.79. The quantitative estimate of drug-likeness (QED) is 0.865. The topological polar surface area (TPSA) is 34.4 Å². The van der Waals surface area contributed by atoms with Crippen molar-refractivity contribution in [2.45, 2.75) is 64.7 Å². The van der Waals surface area contributed by atoms with Gasteiger partial charge < -0.3 is 14.5 Å². The molecule has 1 aliphatic heterocycles. The van der Waals surface area contributed by atoms with E-state index in [2.05, 4.69) is 39.9 Å². The molecule has 2 heterocycles. The Bertz CT molecular complexity index is 453. The van der Waals surface area contributed by atoms with Crippen LogP contribution in [0.15, 0.2) is 16.7 Å². The molecule has 1 fully saturated rings. The summed E-state index contributed by atoms with van der Waals surface area (Å²) in [4.78, 5) is 0. The van der Waals surface area contributed by atoms with Gasteiger partial charge in [-0.15, -0.1) is 0 Å². The third kappa shape index (κ3) is 3.21. The van der Waals surface area contributed by atoms with Crippen molar-refractivity contribution in [1.82, 2.24) is 5.32 Å². The number of nitrogens with one attached hydrogen (secondary N) is 1. The zero-order chi connectivity index (χ0) is 15.0. The maximum absolute atomic E-state index is 6.23. The van der Waals surface area contributed by atoms with Crippen LogP contribution in [0.5, 0.6) is 0 Å². The second-order valence-electron chi connectivity index (χ2n) is 6.86. The molecule has 3 nitrogen and oxygen atoms in total. The molecule has 0 aliphatic carbocycles. The average Bonchev–Trinajstić information content (AvgIpc) is 2.81. The summed E-state index contributed by atoms with van der Waals surface area (Å²) in [5.74, 6) is 0.360. The van der Waals surface area contributed by atoms with Crippen LogP contribution in [0, 0.1) is 5.92 Å². The molecule has 1 aromatic rings. The Balaban J connectivity index is 2.30. The van der Waals surface area contributed by atoms with Crippen LogP contribution in [0.2, 0.25) is 5.22 Å². The first kappa shape index (κ1) is 15.9. The van der Waals surface area contributed by atoms with Gasteiger partial charge in [0.15, 0.2) is 5.22 Å². The van der Waals surface area contributed by atoms with Gasteiger partial charge in [-0.1, -0.05) is 6.92 Å². The minimum Gasteiger partial charge on any atom is -0.453 e. The lowest BCUT2D eigenvalue weighted by Gasteiger charge is -2.33. The van der Waals surface area contributed by atoms with Gasteiger partial charge >= 0.3 is 0 Å². The predicted octanol–water partition coefficient (Wildman–Crippen LogP) is 4.57. The highest BCUT2D eigenvalue weighted by molar-refractivity contribution is 6.29. The molecule has 2 unspecified atom stereocenters. The van der Waals surface area contributed by atoms with Gasteiger partial charge in [-0.2, -0.15) is 0 Å². The molecule has 0 amide bonds. The highest BCUT2D eigenvalue weighted by Crippen LogP contribution is 2.48. The first-order valence-electron chi connectivity index (χ1n) is 7.43. The van der Waals surface area contributed by atoms with Gasteiger partial charge in [-0.25, -0.2) is 0 Å². The molecule has 114 valence electrons. The number of halogens is 1. The van der Waals surface area contributed by atoms with E-state index in [1.807, 2.05) is 6.07 Å². The molecule has 2 rings (SSSR count). The van der Waals surface area contributed by atoms with Crippen molar-refractivity contribution in [1.29, 1.82) is 0 Å². The molecule has 0 spiro atoms. The highest BCUT2D eigenvalue weighted by Gasteiger charge is 2.49. The average molecular weight is 300 g/mol. The SMILES string of the molecule is CCCNC(c1ccoc1Cl)C1CC(C)(C)OC1(C)C. The van der Waals surface area contributed by atoms with E-state index in [1.165, 1.54) is 0 Å². The molecule has 0 bridgehead atoms. The normalized spacial score (nSPS) is 25.8. The fourth-order valence-electron chi connectivity index (χ4n) is 3.42. The monoisotopic (exact) mass is 299 g/mol. The van der Waals surface area contributed by atoms with Crippen molar-refractivity contribution in [3.05, 3.63) is 23.1 Å². The number of hydrogen-bond acceptors (Lipinski definition) is 3. The number of ether oxygens (including phenoxy) is 1. The largest absolute Gasteiger partial charge is 0.453 e. The fourth-order valence-corrected chi connectivity index (χ4v) is 3.65. The summed E-state index contributed by atoms with van der Waals surface area (Å²) in [7, 11) is 0. The van der Waals surface area contributed by atoms with Crippen molar-refractivity contribution in [2.75, 3.05) is 6.54 Å². The van der Waals surface area contributed by atoms with E-state index in [1.54, 1.807) is 6.26 Å². The third-order valence-electron chi connectivity index (χ3n) is 4.14. The van der Waals surface area contributed by atoms with Gasteiger partial charge in [-0.05, 0) is 64.7 Å². The summed E-state index contributed by atoms with van der Waals surface area (Å²) in [6.45, 7) is 11.8. The molecule has 0 saturated carbocycles. The van der Waals surface area contributed by atoms with E-state index < -0.39 is 0 Å². The number of furan rings is 1. The first-order chi connectivity index (χ1) is 9.27. The molecular weight excluding hydrogens is 274 g/mol. The summed E-state index contributed by atoms with van der Waals surface area (Å²) < 4.78 is 11.5. The molecule has 1 aromatic heterocycles. The second-order valence-corrected chi connectivity index (χ2v) is 7.20. The van der Waals surface area contributed by atoms with Crippen molar-refractivity contribution in [3.63, 3.8) is 0 Å². The van der Waals surface area contributed by atoms with E-state index in [4.69, 9.17) is 20.8 Å². The molecule has 1 N–H and O–H groups in total. The molecule has 4 heteroatoms. The van der Waals surface area contributed by atoms with E-state index in [0.29, 0.717) is 11.1 Å². The molecule has 0 aromatic carbocycles. The Morgan fingerprint density at radius 3 is 2.55 bits per heavy atom. The van der Waals surface area contributed by atoms with Crippen LogP contribution in [0.4, 0.5) is 0 Å². The van der Waals surface area contributed by atoms with Crippen LogP contribution >= 0.6 is 11.6 Å². The van der Waals surface area contributed by atoms with Crippen LogP contribution in [-0.2, 0) is 4.74 Å². The van der Waals surface area contributed by atoms with Crippen molar-refractivity contribution >= 4 is 11.6 Å². The lowest BCUT2D eigenvalue weighted by molar-refractivity contribution is -0.0778. The van der Waals surface area contributed by atoms with Gasteiger partial charge in [0.2, 0.25) is 0 Å². The Hall–Kier alpha value is -0.510. The Labute approximate surface area is 127 Å². The van der Waals surface area contributed by atoms with Crippen LogP contribution in [0.3, 0.4) is 0 Å². The van der Waals surface area contributed by atoms with Gasteiger partial charge in [-0.3, -0.25) is 0 Å². The molecule has 1 aliphatic rings. The minimum atomic E-state index is -0.185. The molecule has 1 saturated heterocycles. The van der Waals surface area contributed by atoms with Crippen LogP contribution in [-0.4, -0.2) is 17.7 Å². The van der Waals surface area contributed by atoms with E-state index in [-0.39, 0.29) is 17.2 Å². The van der Waals surface area contributed by atoms with E-state index in [9.17, 15) is 0 Å². The van der Waals surface area contributed by atoms with Gasteiger partial charge in [0.25, 0.3) is 0 Å². The van der Waals surface area contributed by atoms with Crippen molar-refractivity contribution in [3.8, 4) is 0 Å². The van der Waals surface area contributed by atoms with Gasteiger partial charge in [0.1, 0.15) is 0 Å². The van der Waals surface area contributed by atoms with Crippen LogP contribution in [0.1, 0.15) is 59.1 Å². The molecule has 2 atom stereocenters. The number of hydrogen-bond donors (Lipinski definition) is 1. The minimum absolute atomic E-state index is 0.101. The summed E-state index contributed by atoms with van der Waals surface area (Å²) >= 11 is 6.21. The molecular formula is C16H26ClNO2. The number of rotatable bonds is 5. The lowest BCUT2D eigenvalue weighted by Crippen LogP contribution is -2.38.